The van der Waals surface area contributed by atoms with Crippen molar-refractivity contribution in [3.63, 3.8) is 0 Å². The predicted octanol–water partition coefficient (Wildman–Crippen LogP) is 2.49. The molecule has 0 radical (unpaired) electrons. The van der Waals surface area contributed by atoms with Gasteiger partial charge in [-0.15, -0.1) is 0 Å². The van der Waals surface area contributed by atoms with Crippen LogP contribution in [0.1, 0.15) is 31.2 Å². The Kier molecular flexibility index (Phi) is 4.82. The molecule has 1 aromatic carbocycles. The summed E-state index contributed by atoms with van der Waals surface area (Å²) in [6.07, 6.45) is 5.92. The molecule has 1 aliphatic rings. The molecule has 5 nitrogen and oxygen atoms in total. The van der Waals surface area contributed by atoms with Gasteiger partial charge in [0, 0.05) is 25.5 Å². The van der Waals surface area contributed by atoms with Crippen LogP contribution >= 0.6 is 0 Å². The molecular formula is C17H23N3O2S. The highest BCUT2D eigenvalue weighted by Crippen LogP contribution is 2.31. The van der Waals surface area contributed by atoms with E-state index in [0.29, 0.717) is 25.6 Å². The topological polar surface area (TPSA) is 55.2 Å². The molecule has 0 spiro atoms. The van der Waals surface area contributed by atoms with Crippen molar-refractivity contribution in [2.24, 2.45) is 5.92 Å². The molecule has 0 bridgehead atoms. The number of hydrogen-bond donors (Lipinski definition) is 0. The predicted molar refractivity (Wildman–Crippen MR) is 90.4 cm³/mol. The molecular weight excluding hydrogens is 310 g/mol. The Balaban J connectivity index is 1.77. The Labute approximate surface area is 138 Å². The van der Waals surface area contributed by atoms with Crippen molar-refractivity contribution in [3.05, 3.63) is 54.1 Å². The maximum absolute atomic E-state index is 12.3. The van der Waals surface area contributed by atoms with Crippen LogP contribution in [-0.2, 0) is 23.1 Å². The quantitative estimate of drug-likeness (QED) is 0.746. The van der Waals surface area contributed by atoms with E-state index in [2.05, 4.69) is 17.1 Å². The lowest BCUT2D eigenvalue weighted by atomic mass is 10.2. The molecule has 2 aromatic rings. The Bertz CT molecular complexity index is 736. The molecule has 1 heterocycles. The van der Waals surface area contributed by atoms with Gasteiger partial charge < -0.3 is 4.57 Å². The minimum atomic E-state index is -3.20. The first-order chi connectivity index (χ1) is 11.1. The summed E-state index contributed by atoms with van der Waals surface area (Å²) in [5.74, 6) is 1.46. The summed E-state index contributed by atoms with van der Waals surface area (Å²) >= 11 is 0. The minimum absolute atomic E-state index is 0.138. The number of sulfonamides is 1. The van der Waals surface area contributed by atoms with Crippen molar-refractivity contribution in [1.82, 2.24) is 13.9 Å². The molecule has 0 unspecified atom stereocenters. The van der Waals surface area contributed by atoms with E-state index in [1.807, 2.05) is 29.0 Å². The molecule has 0 N–H and O–H groups in total. The Morgan fingerprint density at radius 1 is 1.26 bits per heavy atom. The molecule has 1 aliphatic carbocycles. The van der Waals surface area contributed by atoms with Gasteiger partial charge in [-0.05, 0) is 31.2 Å². The number of benzene rings is 1. The highest BCUT2D eigenvalue weighted by molar-refractivity contribution is 7.89. The highest BCUT2D eigenvalue weighted by atomic mass is 32.2. The van der Waals surface area contributed by atoms with Crippen LogP contribution < -0.4 is 0 Å². The van der Waals surface area contributed by atoms with Gasteiger partial charge in [0.05, 0.1) is 12.3 Å². The lowest BCUT2D eigenvalue weighted by molar-refractivity contribution is 0.378. The van der Waals surface area contributed by atoms with E-state index in [-0.39, 0.29) is 5.75 Å². The van der Waals surface area contributed by atoms with Gasteiger partial charge in [0.2, 0.25) is 10.0 Å². The third kappa shape index (κ3) is 4.20. The summed E-state index contributed by atoms with van der Waals surface area (Å²) in [6.45, 7) is 3.38. The third-order valence-corrected chi connectivity index (χ3v) is 6.03. The first kappa shape index (κ1) is 16.2. The normalized spacial score (nSPS) is 15.2. The zero-order chi connectivity index (χ0) is 16.3. The number of nitrogens with zero attached hydrogens (tertiary/aromatic N) is 3. The van der Waals surface area contributed by atoms with Crippen molar-refractivity contribution >= 4 is 10.0 Å². The van der Waals surface area contributed by atoms with Crippen LogP contribution in [0.4, 0.5) is 0 Å². The van der Waals surface area contributed by atoms with Crippen molar-refractivity contribution in [2.75, 3.05) is 12.3 Å². The number of rotatable bonds is 8. The van der Waals surface area contributed by atoms with Gasteiger partial charge in [-0.3, -0.25) is 0 Å². The number of imidazole rings is 1. The van der Waals surface area contributed by atoms with E-state index in [9.17, 15) is 8.42 Å². The van der Waals surface area contributed by atoms with E-state index in [4.69, 9.17) is 0 Å². The van der Waals surface area contributed by atoms with Crippen LogP contribution in [0.25, 0.3) is 0 Å². The fraction of sp³-hybridized carbons (Fsp3) is 0.471. The summed E-state index contributed by atoms with van der Waals surface area (Å²) < 4.78 is 28.3. The second-order valence-corrected chi connectivity index (χ2v) is 8.35. The SMILES string of the molecule is CCS(=O)(=O)N(Cc1nccn1Cc1ccccc1)CC1CC1. The molecule has 0 saturated heterocycles. The van der Waals surface area contributed by atoms with Gasteiger partial charge >= 0.3 is 0 Å². The van der Waals surface area contributed by atoms with E-state index >= 15 is 0 Å². The highest BCUT2D eigenvalue weighted by Gasteiger charge is 2.30. The molecule has 1 aromatic heterocycles. The van der Waals surface area contributed by atoms with E-state index < -0.39 is 10.0 Å². The van der Waals surface area contributed by atoms with Crippen LogP contribution in [-0.4, -0.2) is 34.6 Å². The molecule has 3 rings (SSSR count). The first-order valence-corrected chi connectivity index (χ1v) is 9.71. The molecule has 0 atom stereocenters. The average molecular weight is 333 g/mol. The molecule has 124 valence electrons. The standard InChI is InChI=1S/C17H23N3O2S/c1-2-23(21,22)20(13-16-8-9-16)14-17-18-10-11-19(17)12-15-6-4-3-5-7-15/h3-7,10-11,16H,2,8-9,12-14H2,1H3. The number of hydrogen-bond acceptors (Lipinski definition) is 3. The Hall–Kier alpha value is -1.66. The molecule has 0 amide bonds. The minimum Gasteiger partial charge on any atom is -0.329 e. The van der Waals surface area contributed by atoms with Crippen molar-refractivity contribution in [2.45, 2.75) is 32.9 Å². The van der Waals surface area contributed by atoms with Gasteiger partial charge in [0.25, 0.3) is 0 Å². The van der Waals surface area contributed by atoms with Crippen molar-refractivity contribution in [3.8, 4) is 0 Å². The van der Waals surface area contributed by atoms with Crippen LogP contribution in [0.3, 0.4) is 0 Å². The summed E-state index contributed by atoms with van der Waals surface area (Å²) in [4.78, 5) is 4.38. The van der Waals surface area contributed by atoms with Crippen molar-refractivity contribution in [1.29, 1.82) is 0 Å². The summed E-state index contributed by atoms with van der Waals surface area (Å²) in [7, 11) is -3.20. The van der Waals surface area contributed by atoms with Crippen molar-refractivity contribution < 1.29 is 8.42 Å². The summed E-state index contributed by atoms with van der Waals surface area (Å²) in [5.41, 5.74) is 1.18. The van der Waals surface area contributed by atoms with E-state index in [0.717, 1.165) is 18.7 Å². The van der Waals surface area contributed by atoms with Crippen LogP contribution in [0.5, 0.6) is 0 Å². The third-order valence-electron chi connectivity index (χ3n) is 4.23. The lowest BCUT2D eigenvalue weighted by Gasteiger charge is -2.21. The summed E-state index contributed by atoms with van der Waals surface area (Å²) in [5, 5.41) is 0. The van der Waals surface area contributed by atoms with Gasteiger partial charge in [-0.1, -0.05) is 30.3 Å². The van der Waals surface area contributed by atoms with Gasteiger partial charge in [0.15, 0.2) is 0 Å². The number of aromatic nitrogens is 2. The largest absolute Gasteiger partial charge is 0.329 e. The van der Waals surface area contributed by atoms with Gasteiger partial charge in [-0.2, -0.15) is 4.31 Å². The van der Waals surface area contributed by atoms with E-state index in [1.54, 1.807) is 17.4 Å². The average Bonchev–Trinajstić information content (AvgIpc) is 3.27. The van der Waals surface area contributed by atoms with Crippen LogP contribution in [0.15, 0.2) is 42.7 Å². The van der Waals surface area contributed by atoms with Crippen LogP contribution in [0, 0.1) is 5.92 Å². The monoisotopic (exact) mass is 333 g/mol. The second-order valence-electron chi connectivity index (χ2n) is 6.09. The Morgan fingerprint density at radius 3 is 2.65 bits per heavy atom. The Morgan fingerprint density at radius 2 is 2.00 bits per heavy atom. The zero-order valence-corrected chi connectivity index (χ0v) is 14.2. The van der Waals surface area contributed by atoms with Gasteiger partial charge in [0.1, 0.15) is 5.82 Å². The molecule has 1 saturated carbocycles. The second kappa shape index (κ2) is 6.84. The fourth-order valence-corrected chi connectivity index (χ4v) is 3.74. The molecule has 6 heteroatoms. The summed E-state index contributed by atoms with van der Waals surface area (Å²) in [6, 6.07) is 10.1. The van der Waals surface area contributed by atoms with E-state index in [1.165, 1.54) is 5.56 Å². The molecule has 1 fully saturated rings. The first-order valence-electron chi connectivity index (χ1n) is 8.10. The maximum Gasteiger partial charge on any atom is 0.214 e. The lowest BCUT2D eigenvalue weighted by Crippen LogP contribution is -2.34. The molecule has 0 aliphatic heterocycles. The molecule has 23 heavy (non-hydrogen) atoms. The van der Waals surface area contributed by atoms with Gasteiger partial charge in [-0.25, -0.2) is 13.4 Å². The smallest absolute Gasteiger partial charge is 0.214 e. The zero-order valence-electron chi connectivity index (χ0n) is 13.4. The van der Waals surface area contributed by atoms with Crippen LogP contribution in [0.2, 0.25) is 0 Å². The fourth-order valence-electron chi connectivity index (χ4n) is 2.62. The maximum atomic E-state index is 12.3.